The third-order valence-corrected chi connectivity index (χ3v) is 10.4. The Morgan fingerprint density at radius 1 is 0.731 bits per heavy atom. The molecule has 0 aliphatic carbocycles. The van der Waals surface area contributed by atoms with Gasteiger partial charge in [0, 0.05) is 13.3 Å². The minimum Gasteiger partial charge on any atom is -0.459 e. The van der Waals surface area contributed by atoms with Crippen LogP contribution in [0.1, 0.15) is 97.8 Å². The second-order valence-corrected chi connectivity index (χ2v) is 12.3. The molecule has 0 atom stereocenters. The molecule has 26 heavy (non-hydrogen) atoms. The van der Waals surface area contributed by atoms with Gasteiger partial charge in [0.25, 0.3) is 0 Å². The number of carbonyl (C=O) groups excluding carboxylic acids is 1. The van der Waals surface area contributed by atoms with Crippen LogP contribution < -0.4 is 0 Å². The summed E-state index contributed by atoms with van der Waals surface area (Å²) in [4.78, 5) is 11.5. The lowest BCUT2D eigenvalue weighted by atomic mass is 10.2. The lowest BCUT2D eigenvalue weighted by molar-refractivity contribution is -0.137. The summed E-state index contributed by atoms with van der Waals surface area (Å²) < 4.78 is 5.40. The first-order valence-corrected chi connectivity index (χ1v) is 13.8. The first-order valence-electron chi connectivity index (χ1n) is 11.3. The Kier molecular flexibility index (Phi) is 17.8. The SMILES string of the molecule is C=CC(=O)OCC[P+](CCCCCC)(CCCCCC)CCCCCC. The fourth-order valence-electron chi connectivity index (χ4n) is 3.69. The number of rotatable bonds is 19. The first-order chi connectivity index (χ1) is 12.6. The van der Waals surface area contributed by atoms with Gasteiger partial charge in [-0.25, -0.2) is 4.79 Å². The summed E-state index contributed by atoms with van der Waals surface area (Å²) in [6.45, 7) is 11.0. The molecule has 0 radical (unpaired) electrons. The zero-order valence-electron chi connectivity index (χ0n) is 18.1. The highest BCUT2D eigenvalue weighted by molar-refractivity contribution is 7.75. The number of unbranched alkanes of at least 4 members (excludes halogenated alkanes) is 9. The van der Waals surface area contributed by atoms with E-state index in [0.717, 1.165) is 6.16 Å². The molecule has 0 rings (SSSR count). The van der Waals surface area contributed by atoms with Gasteiger partial charge in [0.15, 0.2) is 0 Å². The van der Waals surface area contributed by atoms with Crippen molar-refractivity contribution in [3.05, 3.63) is 12.7 Å². The van der Waals surface area contributed by atoms with Gasteiger partial charge in [-0.05, 0) is 38.5 Å². The molecule has 0 spiro atoms. The van der Waals surface area contributed by atoms with Gasteiger partial charge in [-0.1, -0.05) is 65.9 Å². The highest BCUT2D eigenvalue weighted by Crippen LogP contribution is 2.60. The molecule has 2 nitrogen and oxygen atoms in total. The van der Waals surface area contributed by atoms with Crippen molar-refractivity contribution in [2.24, 2.45) is 0 Å². The van der Waals surface area contributed by atoms with Gasteiger partial charge in [-0.15, -0.1) is 0 Å². The van der Waals surface area contributed by atoms with E-state index in [0.29, 0.717) is 6.61 Å². The summed E-state index contributed by atoms with van der Waals surface area (Å²) in [6.07, 6.45) is 22.9. The highest BCUT2D eigenvalue weighted by atomic mass is 31.2. The molecule has 0 saturated heterocycles. The molecular formula is C23H46O2P+. The van der Waals surface area contributed by atoms with Gasteiger partial charge in [0.2, 0.25) is 0 Å². The number of hydrogen-bond donors (Lipinski definition) is 0. The first kappa shape index (κ1) is 25.6. The van der Waals surface area contributed by atoms with Gasteiger partial charge in [0.05, 0.1) is 24.6 Å². The summed E-state index contributed by atoms with van der Waals surface area (Å²) in [5, 5.41) is 0. The Hall–Kier alpha value is -0.360. The minimum atomic E-state index is -0.995. The summed E-state index contributed by atoms with van der Waals surface area (Å²) >= 11 is 0. The van der Waals surface area contributed by atoms with Gasteiger partial charge in [-0.2, -0.15) is 0 Å². The van der Waals surface area contributed by atoms with E-state index in [4.69, 9.17) is 4.74 Å². The molecule has 0 bridgehead atoms. The fourth-order valence-corrected chi connectivity index (χ4v) is 8.20. The fraction of sp³-hybridized carbons (Fsp3) is 0.870. The van der Waals surface area contributed by atoms with Crippen molar-refractivity contribution in [2.45, 2.75) is 97.8 Å². The maximum Gasteiger partial charge on any atom is 0.330 e. The molecule has 0 amide bonds. The van der Waals surface area contributed by atoms with Crippen LogP contribution in [-0.2, 0) is 9.53 Å². The van der Waals surface area contributed by atoms with E-state index in [2.05, 4.69) is 27.4 Å². The van der Waals surface area contributed by atoms with Crippen molar-refractivity contribution in [1.29, 1.82) is 0 Å². The van der Waals surface area contributed by atoms with Crippen LogP contribution in [0.15, 0.2) is 12.7 Å². The monoisotopic (exact) mass is 385 g/mol. The Labute approximate surface area is 164 Å². The van der Waals surface area contributed by atoms with Crippen molar-refractivity contribution in [3.8, 4) is 0 Å². The summed E-state index contributed by atoms with van der Waals surface area (Å²) in [6, 6.07) is 0. The summed E-state index contributed by atoms with van der Waals surface area (Å²) in [7, 11) is -0.995. The second kappa shape index (κ2) is 18.0. The van der Waals surface area contributed by atoms with E-state index < -0.39 is 7.26 Å². The zero-order chi connectivity index (χ0) is 19.5. The van der Waals surface area contributed by atoms with Crippen molar-refractivity contribution in [2.75, 3.05) is 31.3 Å². The van der Waals surface area contributed by atoms with Crippen molar-refractivity contribution in [1.82, 2.24) is 0 Å². The van der Waals surface area contributed by atoms with Gasteiger partial charge in [0.1, 0.15) is 6.61 Å². The van der Waals surface area contributed by atoms with Crippen molar-refractivity contribution < 1.29 is 9.53 Å². The Morgan fingerprint density at radius 2 is 1.15 bits per heavy atom. The second-order valence-electron chi connectivity index (χ2n) is 7.79. The molecule has 0 aromatic rings. The van der Waals surface area contributed by atoms with Crippen LogP contribution in [0.5, 0.6) is 0 Å². The Balaban J connectivity index is 4.78. The van der Waals surface area contributed by atoms with E-state index >= 15 is 0 Å². The predicted octanol–water partition coefficient (Wildman–Crippen LogP) is 7.47. The minimum absolute atomic E-state index is 0.258. The smallest absolute Gasteiger partial charge is 0.330 e. The van der Waals surface area contributed by atoms with Crippen LogP contribution in [0.3, 0.4) is 0 Å². The molecule has 0 N–H and O–H groups in total. The van der Waals surface area contributed by atoms with Crippen molar-refractivity contribution >= 4 is 13.2 Å². The largest absolute Gasteiger partial charge is 0.459 e. The molecule has 0 aliphatic rings. The van der Waals surface area contributed by atoms with E-state index in [1.165, 1.54) is 102 Å². The Bertz CT molecular complexity index is 310. The van der Waals surface area contributed by atoms with Crippen molar-refractivity contribution in [3.63, 3.8) is 0 Å². The van der Waals surface area contributed by atoms with Crippen LogP contribution in [0.25, 0.3) is 0 Å². The summed E-state index contributed by atoms with van der Waals surface area (Å²) in [5.74, 6) is -0.258. The number of carbonyl (C=O) groups is 1. The van der Waals surface area contributed by atoms with E-state index in [-0.39, 0.29) is 5.97 Å². The molecule has 0 fully saturated rings. The standard InChI is InChI=1S/C23H46O2P/c1-5-9-12-15-19-26(20-16-13-10-6-2,21-17-14-11-7-3)22-18-25-23(24)8-4/h8H,4-7,9-22H2,1-3H3/q+1. The van der Waals surface area contributed by atoms with Crippen LogP contribution >= 0.6 is 7.26 Å². The van der Waals surface area contributed by atoms with E-state index in [1.807, 2.05) is 0 Å². The molecule has 0 aromatic heterocycles. The molecule has 0 heterocycles. The third-order valence-electron chi connectivity index (χ3n) is 5.43. The summed E-state index contributed by atoms with van der Waals surface area (Å²) in [5.41, 5.74) is 0. The van der Waals surface area contributed by atoms with Crippen LogP contribution in [0.4, 0.5) is 0 Å². The van der Waals surface area contributed by atoms with Gasteiger partial charge >= 0.3 is 5.97 Å². The van der Waals surface area contributed by atoms with E-state index in [1.54, 1.807) is 0 Å². The maximum atomic E-state index is 11.5. The molecule has 0 aliphatic heterocycles. The molecular weight excluding hydrogens is 339 g/mol. The van der Waals surface area contributed by atoms with Crippen LogP contribution in [0, 0.1) is 0 Å². The normalized spacial score (nSPS) is 11.5. The average Bonchev–Trinajstić information content (AvgIpc) is 2.65. The topological polar surface area (TPSA) is 26.3 Å². The molecule has 3 heteroatoms. The number of ether oxygens (including phenoxy) is 1. The predicted molar refractivity (Wildman–Crippen MR) is 120 cm³/mol. The van der Waals surface area contributed by atoms with E-state index in [9.17, 15) is 4.79 Å². The van der Waals surface area contributed by atoms with Crippen LogP contribution in [0.2, 0.25) is 0 Å². The zero-order valence-corrected chi connectivity index (χ0v) is 19.0. The Morgan fingerprint density at radius 3 is 1.50 bits per heavy atom. The highest BCUT2D eigenvalue weighted by Gasteiger charge is 2.35. The third kappa shape index (κ3) is 13.8. The lowest BCUT2D eigenvalue weighted by Gasteiger charge is -2.28. The van der Waals surface area contributed by atoms with Gasteiger partial charge < -0.3 is 4.74 Å². The molecule has 0 unspecified atom stereocenters. The maximum absolute atomic E-state index is 11.5. The average molecular weight is 386 g/mol. The number of hydrogen-bond acceptors (Lipinski definition) is 2. The molecule has 0 aromatic carbocycles. The van der Waals surface area contributed by atoms with Gasteiger partial charge in [-0.3, -0.25) is 0 Å². The quantitative estimate of drug-likeness (QED) is 0.0997. The molecule has 154 valence electrons. The number of esters is 1. The lowest BCUT2D eigenvalue weighted by Crippen LogP contribution is -2.17. The van der Waals surface area contributed by atoms with Crippen LogP contribution in [-0.4, -0.2) is 37.2 Å². The molecule has 0 saturated carbocycles.